The number of rotatable bonds is 5. The lowest BCUT2D eigenvalue weighted by Crippen LogP contribution is -2.38. The maximum atomic E-state index is 5.44. The Bertz CT molecular complexity index is 371. The van der Waals surface area contributed by atoms with Crippen molar-refractivity contribution in [2.45, 2.75) is 52.1 Å². The standard InChI is InChI=1S/C15H25N3O/c1-4-18(14-5-7-19-8-6-14)11-13-9-16-15(12(2)3)17-10-13/h9-10,12,14H,4-8,11H2,1-3H3. The van der Waals surface area contributed by atoms with Gasteiger partial charge in [0.05, 0.1) is 0 Å². The van der Waals surface area contributed by atoms with Gasteiger partial charge in [0.15, 0.2) is 0 Å². The van der Waals surface area contributed by atoms with E-state index in [0.717, 1.165) is 45.0 Å². The highest BCUT2D eigenvalue weighted by Gasteiger charge is 2.20. The Morgan fingerprint density at radius 1 is 1.26 bits per heavy atom. The Morgan fingerprint density at radius 3 is 2.42 bits per heavy atom. The van der Waals surface area contributed by atoms with E-state index in [0.29, 0.717) is 12.0 Å². The number of hydrogen-bond acceptors (Lipinski definition) is 4. The molecule has 4 nitrogen and oxygen atoms in total. The van der Waals surface area contributed by atoms with Crippen LogP contribution in [0.3, 0.4) is 0 Å². The van der Waals surface area contributed by atoms with Crippen LogP contribution in [0.4, 0.5) is 0 Å². The number of aromatic nitrogens is 2. The van der Waals surface area contributed by atoms with Crippen LogP contribution in [0.15, 0.2) is 12.4 Å². The number of hydrogen-bond donors (Lipinski definition) is 0. The molecular weight excluding hydrogens is 238 g/mol. The zero-order valence-corrected chi connectivity index (χ0v) is 12.3. The van der Waals surface area contributed by atoms with Gasteiger partial charge in [-0.05, 0) is 19.4 Å². The first kappa shape index (κ1) is 14.4. The topological polar surface area (TPSA) is 38.2 Å². The molecule has 0 amide bonds. The van der Waals surface area contributed by atoms with E-state index in [4.69, 9.17) is 4.74 Å². The van der Waals surface area contributed by atoms with Crippen molar-refractivity contribution in [2.24, 2.45) is 0 Å². The smallest absolute Gasteiger partial charge is 0.130 e. The van der Waals surface area contributed by atoms with Gasteiger partial charge in [-0.25, -0.2) is 9.97 Å². The van der Waals surface area contributed by atoms with Crippen LogP contribution < -0.4 is 0 Å². The molecule has 1 aromatic rings. The lowest BCUT2D eigenvalue weighted by Gasteiger charge is -2.33. The van der Waals surface area contributed by atoms with Gasteiger partial charge in [0.25, 0.3) is 0 Å². The molecule has 106 valence electrons. The molecule has 0 saturated carbocycles. The molecule has 1 fully saturated rings. The van der Waals surface area contributed by atoms with Gasteiger partial charge in [-0.2, -0.15) is 0 Å². The van der Waals surface area contributed by atoms with Crippen molar-refractivity contribution in [3.05, 3.63) is 23.8 Å². The van der Waals surface area contributed by atoms with Gasteiger partial charge in [-0.3, -0.25) is 4.90 Å². The fourth-order valence-corrected chi connectivity index (χ4v) is 2.53. The van der Waals surface area contributed by atoms with Crippen LogP contribution >= 0.6 is 0 Å². The maximum Gasteiger partial charge on any atom is 0.130 e. The predicted molar refractivity (Wildman–Crippen MR) is 76.0 cm³/mol. The van der Waals surface area contributed by atoms with Gasteiger partial charge in [-0.15, -0.1) is 0 Å². The summed E-state index contributed by atoms with van der Waals surface area (Å²) in [6, 6.07) is 0.642. The Hall–Kier alpha value is -1.00. The summed E-state index contributed by atoms with van der Waals surface area (Å²) in [5.74, 6) is 1.32. The van der Waals surface area contributed by atoms with E-state index in [1.807, 2.05) is 12.4 Å². The fraction of sp³-hybridized carbons (Fsp3) is 0.733. The summed E-state index contributed by atoms with van der Waals surface area (Å²) in [6.45, 7) is 10.3. The molecule has 4 heteroatoms. The number of nitrogens with zero attached hydrogens (tertiary/aromatic N) is 3. The van der Waals surface area contributed by atoms with Crippen molar-refractivity contribution in [3.63, 3.8) is 0 Å². The van der Waals surface area contributed by atoms with Crippen molar-refractivity contribution >= 4 is 0 Å². The van der Waals surface area contributed by atoms with Gasteiger partial charge < -0.3 is 4.74 Å². The minimum atomic E-state index is 0.395. The molecule has 2 rings (SSSR count). The van der Waals surface area contributed by atoms with Crippen LogP contribution in [0.25, 0.3) is 0 Å². The van der Waals surface area contributed by atoms with Crippen LogP contribution in [-0.2, 0) is 11.3 Å². The summed E-state index contributed by atoms with van der Waals surface area (Å²) in [5, 5.41) is 0. The summed E-state index contributed by atoms with van der Waals surface area (Å²) < 4.78 is 5.44. The average Bonchev–Trinajstić information content (AvgIpc) is 2.46. The van der Waals surface area contributed by atoms with Crippen LogP contribution in [0, 0.1) is 0 Å². The summed E-state index contributed by atoms with van der Waals surface area (Å²) in [7, 11) is 0. The van der Waals surface area contributed by atoms with E-state index < -0.39 is 0 Å². The van der Waals surface area contributed by atoms with Crippen molar-refractivity contribution in [1.82, 2.24) is 14.9 Å². The normalized spacial score (nSPS) is 17.3. The van der Waals surface area contributed by atoms with Gasteiger partial charge in [-0.1, -0.05) is 20.8 Å². The molecule has 0 aliphatic carbocycles. The van der Waals surface area contributed by atoms with Crippen LogP contribution in [-0.4, -0.2) is 40.7 Å². The van der Waals surface area contributed by atoms with E-state index in [1.165, 1.54) is 5.56 Å². The lowest BCUT2D eigenvalue weighted by molar-refractivity contribution is 0.0329. The first-order valence-electron chi connectivity index (χ1n) is 7.33. The summed E-state index contributed by atoms with van der Waals surface area (Å²) in [6.07, 6.45) is 6.23. The van der Waals surface area contributed by atoms with Crippen molar-refractivity contribution < 1.29 is 4.74 Å². The van der Waals surface area contributed by atoms with E-state index in [2.05, 4.69) is 35.6 Å². The molecule has 0 unspecified atom stereocenters. The van der Waals surface area contributed by atoms with Crippen LogP contribution in [0.2, 0.25) is 0 Å². The highest BCUT2D eigenvalue weighted by Crippen LogP contribution is 2.17. The quantitative estimate of drug-likeness (QED) is 0.818. The second-order valence-electron chi connectivity index (χ2n) is 5.51. The van der Waals surface area contributed by atoms with E-state index in [-0.39, 0.29) is 0 Å². The van der Waals surface area contributed by atoms with Crippen LogP contribution in [0.5, 0.6) is 0 Å². The van der Waals surface area contributed by atoms with E-state index in [1.54, 1.807) is 0 Å². The average molecular weight is 263 g/mol. The molecule has 0 N–H and O–H groups in total. The second kappa shape index (κ2) is 6.96. The highest BCUT2D eigenvalue weighted by molar-refractivity contribution is 5.07. The predicted octanol–water partition coefficient (Wildman–Crippen LogP) is 2.60. The molecule has 1 saturated heterocycles. The van der Waals surface area contributed by atoms with Gasteiger partial charge in [0, 0.05) is 49.7 Å². The Labute approximate surface area is 116 Å². The first-order valence-corrected chi connectivity index (χ1v) is 7.33. The van der Waals surface area contributed by atoms with Crippen molar-refractivity contribution in [1.29, 1.82) is 0 Å². The van der Waals surface area contributed by atoms with Gasteiger partial charge >= 0.3 is 0 Å². The molecule has 0 atom stereocenters. The first-order chi connectivity index (χ1) is 9.20. The zero-order chi connectivity index (χ0) is 13.7. The fourth-order valence-electron chi connectivity index (χ4n) is 2.53. The Kier molecular flexibility index (Phi) is 5.28. The molecule has 19 heavy (non-hydrogen) atoms. The third kappa shape index (κ3) is 3.98. The Balaban J connectivity index is 1.97. The molecule has 0 bridgehead atoms. The van der Waals surface area contributed by atoms with Crippen molar-refractivity contribution in [3.8, 4) is 0 Å². The SMILES string of the molecule is CCN(Cc1cnc(C(C)C)nc1)C1CCOCC1. The van der Waals surface area contributed by atoms with E-state index in [9.17, 15) is 0 Å². The zero-order valence-electron chi connectivity index (χ0n) is 12.3. The molecular formula is C15H25N3O. The molecule has 2 heterocycles. The van der Waals surface area contributed by atoms with E-state index >= 15 is 0 Å². The summed E-state index contributed by atoms with van der Waals surface area (Å²) >= 11 is 0. The molecule has 0 radical (unpaired) electrons. The lowest BCUT2D eigenvalue weighted by atomic mass is 10.1. The third-order valence-corrected chi connectivity index (χ3v) is 3.74. The van der Waals surface area contributed by atoms with Crippen molar-refractivity contribution in [2.75, 3.05) is 19.8 Å². The Morgan fingerprint density at radius 2 is 1.89 bits per heavy atom. The summed E-state index contributed by atoms with van der Waals surface area (Å²) in [5.41, 5.74) is 1.21. The molecule has 1 aliphatic heterocycles. The largest absolute Gasteiger partial charge is 0.381 e. The minimum Gasteiger partial charge on any atom is -0.381 e. The second-order valence-corrected chi connectivity index (χ2v) is 5.51. The highest BCUT2D eigenvalue weighted by atomic mass is 16.5. The third-order valence-electron chi connectivity index (χ3n) is 3.74. The molecule has 1 aromatic heterocycles. The molecule has 0 spiro atoms. The van der Waals surface area contributed by atoms with Gasteiger partial charge in [0.2, 0.25) is 0 Å². The minimum absolute atomic E-state index is 0.395. The van der Waals surface area contributed by atoms with Crippen LogP contribution in [0.1, 0.15) is 50.9 Å². The summed E-state index contributed by atoms with van der Waals surface area (Å²) in [4.78, 5) is 11.4. The maximum absolute atomic E-state index is 5.44. The number of ether oxygens (including phenoxy) is 1. The molecule has 0 aromatic carbocycles. The monoisotopic (exact) mass is 263 g/mol. The molecule has 1 aliphatic rings. The van der Waals surface area contributed by atoms with Gasteiger partial charge in [0.1, 0.15) is 5.82 Å².